The maximum absolute atomic E-state index is 6.65. The molecule has 158 valence electrons. The fourth-order valence-corrected chi connectivity index (χ4v) is 4.20. The average molecular weight is 435 g/mol. The standard InChI is InChI=1S/C24H23ClN4O2/c1-15-19(11-18(30-2)14-26-15)20-9-17-10-22(28-23(17)12-21(20)25)16-3-4-24(27-13-16)29-5-7-31-8-6-29/h3-4,9-14,28H,5-8H2,1-2H3. The zero-order valence-corrected chi connectivity index (χ0v) is 18.2. The Bertz CT molecular complexity index is 1230. The zero-order valence-electron chi connectivity index (χ0n) is 17.5. The summed E-state index contributed by atoms with van der Waals surface area (Å²) in [7, 11) is 1.64. The van der Waals surface area contributed by atoms with Crippen molar-refractivity contribution >= 4 is 28.3 Å². The SMILES string of the molecule is COc1cnc(C)c(-c2cc3cc(-c4ccc(N5CCOCC5)nc4)[nH]c3cc2Cl)c1. The molecule has 5 rings (SSSR count). The van der Waals surface area contributed by atoms with E-state index < -0.39 is 0 Å². The number of fused-ring (bicyclic) bond motifs is 1. The number of pyridine rings is 2. The number of hydrogen-bond donors (Lipinski definition) is 1. The third kappa shape index (κ3) is 3.84. The van der Waals surface area contributed by atoms with E-state index in [1.165, 1.54) is 0 Å². The van der Waals surface area contributed by atoms with E-state index in [4.69, 9.17) is 21.1 Å². The molecular weight excluding hydrogens is 412 g/mol. The average Bonchev–Trinajstić information content (AvgIpc) is 3.22. The lowest BCUT2D eigenvalue weighted by molar-refractivity contribution is 0.122. The Kier molecular flexibility index (Phi) is 5.26. The van der Waals surface area contributed by atoms with E-state index in [0.29, 0.717) is 10.8 Å². The number of aromatic amines is 1. The molecule has 4 aromatic rings. The number of aryl methyl sites for hydroxylation is 1. The molecule has 1 aromatic carbocycles. The van der Waals surface area contributed by atoms with Gasteiger partial charge >= 0.3 is 0 Å². The Labute approximate surface area is 185 Å². The van der Waals surface area contributed by atoms with Gasteiger partial charge in [-0.2, -0.15) is 0 Å². The van der Waals surface area contributed by atoms with Crippen LogP contribution in [-0.4, -0.2) is 48.4 Å². The normalized spacial score (nSPS) is 14.2. The molecule has 1 N–H and O–H groups in total. The van der Waals surface area contributed by atoms with Crippen LogP contribution in [0.3, 0.4) is 0 Å². The van der Waals surface area contributed by atoms with Crippen molar-refractivity contribution in [2.24, 2.45) is 0 Å². The summed E-state index contributed by atoms with van der Waals surface area (Å²) >= 11 is 6.65. The predicted molar refractivity (Wildman–Crippen MR) is 124 cm³/mol. The number of ether oxygens (including phenoxy) is 2. The third-order valence-electron chi connectivity index (χ3n) is 5.69. The van der Waals surface area contributed by atoms with Crippen LogP contribution in [0.5, 0.6) is 5.75 Å². The summed E-state index contributed by atoms with van der Waals surface area (Å²) < 4.78 is 10.8. The van der Waals surface area contributed by atoms with Crippen LogP contribution in [0, 0.1) is 6.92 Å². The maximum atomic E-state index is 6.65. The van der Waals surface area contributed by atoms with Crippen LogP contribution >= 0.6 is 11.6 Å². The number of halogens is 1. The van der Waals surface area contributed by atoms with E-state index in [-0.39, 0.29) is 0 Å². The van der Waals surface area contributed by atoms with Gasteiger partial charge in [-0.15, -0.1) is 0 Å². The third-order valence-corrected chi connectivity index (χ3v) is 6.00. The fourth-order valence-electron chi connectivity index (χ4n) is 3.94. The summed E-state index contributed by atoms with van der Waals surface area (Å²) in [5, 5.41) is 1.74. The van der Waals surface area contributed by atoms with Crippen molar-refractivity contribution in [3.8, 4) is 28.1 Å². The van der Waals surface area contributed by atoms with Crippen LogP contribution in [0.4, 0.5) is 5.82 Å². The highest BCUT2D eigenvalue weighted by atomic mass is 35.5. The molecule has 0 aliphatic carbocycles. The van der Waals surface area contributed by atoms with Gasteiger partial charge in [-0.1, -0.05) is 11.6 Å². The summed E-state index contributed by atoms with van der Waals surface area (Å²) in [4.78, 5) is 14.8. The van der Waals surface area contributed by atoms with E-state index >= 15 is 0 Å². The second kappa shape index (κ2) is 8.21. The summed E-state index contributed by atoms with van der Waals surface area (Å²) in [6.07, 6.45) is 3.63. The molecule has 0 radical (unpaired) electrons. The molecule has 1 saturated heterocycles. The van der Waals surface area contributed by atoms with Gasteiger partial charge in [0.2, 0.25) is 0 Å². The van der Waals surface area contributed by atoms with Crippen LogP contribution in [-0.2, 0) is 4.74 Å². The predicted octanol–water partition coefficient (Wildman–Crippen LogP) is 5.10. The Balaban J connectivity index is 1.49. The first-order chi connectivity index (χ1) is 15.1. The van der Waals surface area contributed by atoms with Gasteiger partial charge in [0.05, 0.1) is 31.5 Å². The van der Waals surface area contributed by atoms with Crippen LogP contribution in [0.15, 0.2) is 48.8 Å². The van der Waals surface area contributed by atoms with Crippen molar-refractivity contribution in [2.45, 2.75) is 6.92 Å². The van der Waals surface area contributed by atoms with Gasteiger partial charge in [-0.25, -0.2) is 4.98 Å². The van der Waals surface area contributed by atoms with Crippen molar-refractivity contribution in [3.05, 3.63) is 59.5 Å². The lowest BCUT2D eigenvalue weighted by Gasteiger charge is -2.27. The van der Waals surface area contributed by atoms with Crippen LogP contribution in [0.1, 0.15) is 5.69 Å². The van der Waals surface area contributed by atoms with E-state index in [1.54, 1.807) is 13.3 Å². The van der Waals surface area contributed by atoms with Crippen molar-refractivity contribution in [2.75, 3.05) is 38.3 Å². The van der Waals surface area contributed by atoms with Gasteiger partial charge in [0.15, 0.2) is 0 Å². The quantitative estimate of drug-likeness (QED) is 0.484. The minimum atomic E-state index is 0.667. The van der Waals surface area contributed by atoms with Gasteiger partial charge in [-0.3, -0.25) is 4.98 Å². The summed E-state index contributed by atoms with van der Waals surface area (Å²) in [6, 6.07) is 12.3. The number of nitrogens with one attached hydrogen (secondary N) is 1. The maximum Gasteiger partial charge on any atom is 0.137 e. The van der Waals surface area contributed by atoms with Gasteiger partial charge in [0.1, 0.15) is 11.6 Å². The topological polar surface area (TPSA) is 63.3 Å². The minimum Gasteiger partial charge on any atom is -0.495 e. The van der Waals surface area contributed by atoms with Gasteiger partial charge in [0.25, 0.3) is 0 Å². The number of rotatable bonds is 4. The van der Waals surface area contributed by atoms with Crippen molar-refractivity contribution in [1.29, 1.82) is 0 Å². The van der Waals surface area contributed by atoms with E-state index in [1.807, 2.05) is 25.3 Å². The molecule has 0 saturated carbocycles. The molecule has 6 nitrogen and oxygen atoms in total. The highest BCUT2D eigenvalue weighted by Gasteiger charge is 2.15. The van der Waals surface area contributed by atoms with Crippen molar-refractivity contribution in [3.63, 3.8) is 0 Å². The molecule has 3 aromatic heterocycles. The molecule has 0 bridgehead atoms. The first kappa shape index (κ1) is 19.8. The minimum absolute atomic E-state index is 0.667. The number of anilines is 1. The molecular formula is C24H23ClN4O2. The molecule has 1 aliphatic rings. The monoisotopic (exact) mass is 434 g/mol. The van der Waals surface area contributed by atoms with Gasteiger partial charge in [0, 0.05) is 58.3 Å². The number of hydrogen-bond acceptors (Lipinski definition) is 5. The second-order valence-electron chi connectivity index (χ2n) is 7.61. The van der Waals surface area contributed by atoms with E-state index in [9.17, 15) is 0 Å². The second-order valence-corrected chi connectivity index (χ2v) is 8.02. The van der Waals surface area contributed by atoms with E-state index in [0.717, 1.165) is 71.1 Å². The summed E-state index contributed by atoms with van der Waals surface area (Å²) in [6.45, 7) is 5.21. The Morgan fingerprint density at radius 1 is 1.03 bits per heavy atom. The van der Waals surface area contributed by atoms with Gasteiger partial charge in [-0.05, 0) is 43.3 Å². The number of nitrogens with zero attached hydrogens (tertiary/aromatic N) is 3. The molecule has 0 amide bonds. The van der Waals surface area contributed by atoms with Crippen molar-refractivity contribution in [1.82, 2.24) is 15.0 Å². The lowest BCUT2D eigenvalue weighted by atomic mass is 10.0. The molecule has 0 spiro atoms. The summed E-state index contributed by atoms with van der Waals surface area (Å²) in [5.41, 5.74) is 5.82. The Hall–Kier alpha value is -3.09. The fraction of sp³-hybridized carbons (Fsp3) is 0.250. The lowest BCUT2D eigenvalue weighted by Crippen LogP contribution is -2.36. The molecule has 1 fully saturated rings. The molecule has 31 heavy (non-hydrogen) atoms. The largest absolute Gasteiger partial charge is 0.495 e. The van der Waals surface area contributed by atoms with Crippen LogP contribution in [0.2, 0.25) is 5.02 Å². The molecule has 4 heterocycles. The first-order valence-electron chi connectivity index (χ1n) is 10.2. The van der Waals surface area contributed by atoms with Crippen LogP contribution < -0.4 is 9.64 Å². The molecule has 0 atom stereocenters. The van der Waals surface area contributed by atoms with Crippen molar-refractivity contribution < 1.29 is 9.47 Å². The highest BCUT2D eigenvalue weighted by molar-refractivity contribution is 6.34. The number of benzene rings is 1. The Morgan fingerprint density at radius 3 is 2.61 bits per heavy atom. The molecule has 1 aliphatic heterocycles. The number of aromatic nitrogens is 3. The van der Waals surface area contributed by atoms with Gasteiger partial charge < -0.3 is 19.4 Å². The van der Waals surface area contributed by atoms with E-state index in [2.05, 4.69) is 44.1 Å². The smallest absolute Gasteiger partial charge is 0.137 e. The summed E-state index contributed by atoms with van der Waals surface area (Å²) in [5.74, 6) is 1.69. The Morgan fingerprint density at radius 2 is 1.87 bits per heavy atom. The molecule has 7 heteroatoms. The molecule has 0 unspecified atom stereocenters. The first-order valence-corrected chi connectivity index (χ1v) is 10.6. The number of morpholine rings is 1. The highest BCUT2D eigenvalue weighted by Crippen LogP contribution is 2.36. The zero-order chi connectivity index (χ0) is 21.4. The number of methoxy groups -OCH3 is 1. The number of H-pyrrole nitrogens is 1. The van der Waals surface area contributed by atoms with Crippen LogP contribution in [0.25, 0.3) is 33.3 Å².